The number of aromatic nitrogens is 1. The molecule has 0 bridgehead atoms. The monoisotopic (exact) mass is 491 g/mol. The average Bonchev–Trinajstić information content (AvgIpc) is 2.59. The lowest BCUT2D eigenvalue weighted by molar-refractivity contribution is -0.116. The molecule has 0 unspecified atom stereocenters. The van der Waals surface area contributed by atoms with E-state index in [2.05, 4.69) is 39.8 Å². The van der Waals surface area contributed by atoms with Crippen LogP contribution in [0.25, 0.3) is 0 Å². The van der Waals surface area contributed by atoms with Crippen LogP contribution >= 0.6 is 24.0 Å². The van der Waals surface area contributed by atoms with E-state index in [0.717, 1.165) is 25.1 Å². The summed E-state index contributed by atoms with van der Waals surface area (Å²) in [5.41, 5.74) is 1.06. The van der Waals surface area contributed by atoms with Crippen molar-refractivity contribution in [1.82, 2.24) is 15.6 Å². The highest BCUT2D eigenvalue weighted by Crippen LogP contribution is 2.04. The topological polar surface area (TPSA) is 87.6 Å². The van der Waals surface area contributed by atoms with Crippen LogP contribution in [0, 0.1) is 12.8 Å². The molecule has 0 atom stereocenters. The maximum absolute atomic E-state index is 12.0. The molecule has 8 heteroatoms. The minimum Gasteiger partial charge on any atom is -0.380 e. The first-order valence-electron chi connectivity index (χ1n) is 9.33. The molecule has 0 saturated heterocycles. The van der Waals surface area contributed by atoms with E-state index in [1.54, 1.807) is 12.3 Å². The Hall–Kier alpha value is -1.42. The quantitative estimate of drug-likeness (QED) is 0.192. The van der Waals surface area contributed by atoms with Crippen LogP contribution in [0.4, 0.5) is 5.82 Å². The summed E-state index contributed by atoms with van der Waals surface area (Å²) in [6.07, 6.45) is 3.13. The Bertz CT molecular complexity index is 550. The van der Waals surface area contributed by atoms with E-state index in [0.29, 0.717) is 43.8 Å². The van der Waals surface area contributed by atoms with Crippen LogP contribution in [-0.4, -0.2) is 49.7 Å². The summed E-state index contributed by atoms with van der Waals surface area (Å²) >= 11 is 0. The number of pyridine rings is 1. The third-order valence-corrected chi connectivity index (χ3v) is 3.51. The van der Waals surface area contributed by atoms with E-state index in [4.69, 9.17) is 4.74 Å². The molecule has 0 aliphatic carbocycles. The first-order chi connectivity index (χ1) is 12.5. The highest BCUT2D eigenvalue weighted by molar-refractivity contribution is 14.0. The minimum absolute atomic E-state index is 0. The van der Waals surface area contributed by atoms with Gasteiger partial charge in [-0.25, -0.2) is 4.98 Å². The first kappa shape index (κ1) is 25.6. The summed E-state index contributed by atoms with van der Waals surface area (Å²) in [6, 6.07) is 3.71. The van der Waals surface area contributed by atoms with Crippen molar-refractivity contribution in [3.8, 4) is 0 Å². The molecule has 1 rings (SSSR count). The van der Waals surface area contributed by atoms with E-state index >= 15 is 0 Å². The molecule has 0 saturated carbocycles. The smallest absolute Gasteiger partial charge is 0.227 e. The second-order valence-electron chi connectivity index (χ2n) is 6.50. The molecule has 0 aliphatic heterocycles. The highest BCUT2D eigenvalue weighted by atomic mass is 127. The van der Waals surface area contributed by atoms with E-state index in [-0.39, 0.29) is 29.9 Å². The maximum Gasteiger partial charge on any atom is 0.227 e. The molecular formula is C19H34IN5O2. The van der Waals surface area contributed by atoms with Gasteiger partial charge in [0.2, 0.25) is 5.91 Å². The standard InChI is InChI=1S/C19H33N5O2.HI/c1-5-20-19(22-11-13-26-12-9-15(2)3)21-10-8-18(25)24-17-7-6-16(4)14-23-17;/h6-7,14-15H,5,8-13H2,1-4H3,(H2,20,21,22)(H,23,24,25);1H. The number of aryl methyl sites for hydroxylation is 1. The van der Waals surface area contributed by atoms with Gasteiger partial charge in [0.25, 0.3) is 0 Å². The van der Waals surface area contributed by atoms with Crippen molar-refractivity contribution in [3.63, 3.8) is 0 Å². The predicted molar refractivity (Wildman–Crippen MR) is 122 cm³/mol. The van der Waals surface area contributed by atoms with Gasteiger partial charge in [0.05, 0.1) is 13.2 Å². The maximum atomic E-state index is 12.0. The zero-order valence-electron chi connectivity index (χ0n) is 16.9. The summed E-state index contributed by atoms with van der Waals surface area (Å²) in [6.45, 7) is 11.5. The Morgan fingerprint density at radius 1 is 1.26 bits per heavy atom. The minimum atomic E-state index is -0.0817. The van der Waals surface area contributed by atoms with Gasteiger partial charge in [-0.3, -0.25) is 9.79 Å². The van der Waals surface area contributed by atoms with Crippen molar-refractivity contribution in [1.29, 1.82) is 0 Å². The van der Waals surface area contributed by atoms with Gasteiger partial charge in [-0.1, -0.05) is 19.9 Å². The molecule has 1 aromatic rings. The zero-order chi connectivity index (χ0) is 19.2. The van der Waals surface area contributed by atoms with Crippen molar-refractivity contribution in [2.45, 2.75) is 40.5 Å². The molecule has 27 heavy (non-hydrogen) atoms. The molecule has 0 aromatic carbocycles. The van der Waals surface area contributed by atoms with Crippen molar-refractivity contribution in [3.05, 3.63) is 23.9 Å². The average molecular weight is 491 g/mol. The number of hydrogen-bond acceptors (Lipinski definition) is 4. The number of carbonyl (C=O) groups excluding carboxylic acids is 1. The Morgan fingerprint density at radius 2 is 2.04 bits per heavy atom. The Morgan fingerprint density at radius 3 is 2.67 bits per heavy atom. The summed E-state index contributed by atoms with van der Waals surface area (Å²) in [4.78, 5) is 20.6. The number of rotatable bonds is 11. The Balaban J connectivity index is 0.00000676. The molecule has 0 radical (unpaired) electrons. The molecule has 1 aromatic heterocycles. The number of ether oxygens (including phenoxy) is 1. The first-order valence-corrected chi connectivity index (χ1v) is 9.33. The molecule has 1 amide bonds. The molecule has 0 fully saturated rings. The van der Waals surface area contributed by atoms with Crippen LogP contribution in [-0.2, 0) is 9.53 Å². The third-order valence-electron chi connectivity index (χ3n) is 3.51. The van der Waals surface area contributed by atoms with Gasteiger partial charge in [0.15, 0.2) is 5.96 Å². The van der Waals surface area contributed by atoms with E-state index in [1.807, 2.05) is 19.9 Å². The Labute approximate surface area is 180 Å². The highest BCUT2D eigenvalue weighted by Gasteiger charge is 2.04. The number of hydrogen-bond donors (Lipinski definition) is 3. The van der Waals surface area contributed by atoms with Crippen molar-refractivity contribution in [2.24, 2.45) is 10.9 Å². The number of carbonyl (C=O) groups is 1. The number of guanidine groups is 1. The number of nitrogens with zero attached hydrogens (tertiary/aromatic N) is 2. The molecular weight excluding hydrogens is 457 g/mol. The largest absolute Gasteiger partial charge is 0.380 e. The summed E-state index contributed by atoms with van der Waals surface area (Å²) in [7, 11) is 0. The second-order valence-corrected chi connectivity index (χ2v) is 6.50. The van der Waals surface area contributed by atoms with E-state index < -0.39 is 0 Å². The predicted octanol–water partition coefficient (Wildman–Crippen LogP) is 2.95. The lowest BCUT2D eigenvalue weighted by Crippen LogP contribution is -2.39. The normalized spacial score (nSPS) is 11.1. The second kappa shape index (κ2) is 15.6. The van der Waals surface area contributed by atoms with Gasteiger partial charge < -0.3 is 20.7 Å². The number of halogens is 1. The third kappa shape index (κ3) is 13.4. The Kier molecular flexibility index (Phi) is 14.8. The fourth-order valence-electron chi connectivity index (χ4n) is 2.03. The van der Waals surface area contributed by atoms with Gasteiger partial charge in [-0.15, -0.1) is 24.0 Å². The van der Waals surface area contributed by atoms with Crippen molar-refractivity contribution < 1.29 is 9.53 Å². The van der Waals surface area contributed by atoms with Gasteiger partial charge in [-0.05, 0) is 37.8 Å². The lowest BCUT2D eigenvalue weighted by Gasteiger charge is -2.11. The van der Waals surface area contributed by atoms with Gasteiger partial charge in [0.1, 0.15) is 5.82 Å². The van der Waals surface area contributed by atoms with Gasteiger partial charge >= 0.3 is 0 Å². The molecule has 7 nitrogen and oxygen atoms in total. The summed E-state index contributed by atoms with van der Waals surface area (Å²) < 4.78 is 5.56. The van der Waals surface area contributed by atoms with Crippen molar-refractivity contribution >= 4 is 41.7 Å². The SMILES string of the molecule is CCNC(=NCCOCCC(C)C)NCCC(=O)Nc1ccc(C)cn1.I. The fourth-order valence-corrected chi connectivity index (χ4v) is 2.03. The number of amides is 1. The van der Waals surface area contributed by atoms with Crippen LogP contribution in [0.15, 0.2) is 23.3 Å². The van der Waals surface area contributed by atoms with Crippen molar-refractivity contribution in [2.75, 3.05) is 38.2 Å². The van der Waals surface area contributed by atoms with Gasteiger partial charge in [-0.2, -0.15) is 0 Å². The number of anilines is 1. The molecule has 0 spiro atoms. The fraction of sp³-hybridized carbons (Fsp3) is 0.632. The molecule has 3 N–H and O–H groups in total. The van der Waals surface area contributed by atoms with Crippen LogP contribution in [0.3, 0.4) is 0 Å². The van der Waals surface area contributed by atoms with Gasteiger partial charge in [0, 0.05) is 32.3 Å². The summed E-state index contributed by atoms with van der Waals surface area (Å²) in [5.74, 6) is 1.83. The van der Waals surface area contributed by atoms with Crippen LogP contribution < -0.4 is 16.0 Å². The van der Waals surface area contributed by atoms with E-state index in [9.17, 15) is 4.79 Å². The van der Waals surface area contributed by atoms with Crippen LogP contribution in [0.5, 0.6) is 0 Å². The number of aliphatic imine (C=N–C) groups is 1. The summed E-state index contributed by atoms with van der Waals surface area (Å²) in [5, 5.41) is 9.10. The zero-order valence-corrected chi connectivity index (χ0v) is 19.2. The number of nitrogens with one attached hydrogen (secondary N) is 3. The lowest BCUT2D eigenvalue weighted by atomic mass is 10.1. The van der Waals surface area contributed by atoms with Crippen LogP contribution in [0.2, 0.25) is 0 Å². The molecule has 1 heterocycles. The van der Waals surface area contributed by atoms with E-state index in [1.165, 1.54) is 0 Å². The molecule has 0 aliphatic rings. The molecule has 154 valence electrons. The van der Waals surface area contributed by atoms with Crippen LogP contribution in [0.1, 0.15) is 39.2 Å².